The summed E-state index contributed by atoms with van der Waals surface area (Å²) in [5.74, 6) is 0.310. The minimum atomic E-state index is -0.492. The van der Waals surface area contributed by atoms with E-state index in [1.165, 1.54) is 0 Å². The molecule has 1 saturated heterocycles. The van der Waals surface area contributed by atoms with Crippen molar-refractivity contribution in [1.82, 2.24) is 20.2 Å². The number of nitrogens with zero attached hydrogens (tertiary/aromatic N) is 3. The second kappa shape index (κ2) is 12.7. The molecule has 6 N–H and O–H groups in total. The first kappa shape index (κ1) is 25.2. The van der Waals surface area contributed by atoms with Gasteiger partial charge in [0.15, 0.2) is 0 Å². The summed E-state index contributed by atoms with van der Waals surface area (Å²) in [5.41, 5.74) is 6.47. The van der Waals surface area contributed by atoms with Crippen LogP contribution in [0.4, 0.5) is 27.9 Å². The maximum absolute atomic E-state index is 12.3. The molecule has 2 heterocycles. The Morgan fingerprint density at radius 3 is 2.62 bits per heavy atom. The lowest BCUT2D eigenvalue weighted by atomic mass is 10.3. The minimum absolute atomic E-state index is 0.0431. The van der Waals surface area contributed by atoms with Crippen molar-refractivity contribution < 1.29 is 14.4 Å². The maximum atomic E-state index is 12.3. The molecular weight excluding hydrogens is 504 g/mol. The van der Waals surface area contributed by atoms with Gasteiger partial charge in [0.05, 0.1) is 4.47 Å². The van der Waals surface area contributed by atoms with Crippen LogP contribution in [0.2, 0.25) is 0 Å². The zero-order valence-electron chi connectivity index (χ0n) is 18.8. The number of rotatable bonds is 11. The molecule has 3 rings (SSSR count). The van der Waals surface area contributed by atoms with Crippen LogP contribution in [0.15, 0.2) is 34.9 Å². The van der Waals surface area contributed by atoms with E-state index in [-0.39, 0.29) is 24.8 Å². The molecule has 1 aromatic heterocycles. The number of urea groups is 1. The van der Waals surface area contributed by atoms with Gasteiger partial charge in [-0.3, -0.25) is 9.59 Å². The highest BCUT2D eigenvalue weighted by atomic mass is 79.9. The number of hydrogen-bond donors (Lipinski definition) is 5. The van der Waals surface area contributed by atoms with Gasteiger partial charge in [0.2, 0.25) is 17.8 Å². The third-order valence-electron chi connectivity index (χ3n) is 5.07. The molecule has 0 aliphatic carbocycles. The van der Waals surface area contributed by atoms with Crippen molar-refractivity contribution in [1.29, 1.82) is 0 Å². The Morgan fingerprint density at radius 2 is 1.85 bits per heavy atom. The summed E-state index contributed by atoms with van der Waals surface area (Å²) in [6.45, 7) is 2.61. The average Bonchev–Trinajstić information content (AvgIpc) is 3.35. The first-order valence-corrected chi connectivity index (χ1v) is 11.9. The van der Waals surface area contributed by atoms with Gasteiger partial charge in [-0.25, -0.2) is 9.78 Å². The molecule has 182 valence electrons. The summed E-state index contributed by atoms with van der Waals surface area (Å²) < 4.78 is 0.704. The first-order valence-electron chi connectivity index (χ1n) is 11.1. The van der Waals surface area contributed by atoms with E-state index in [2.05, 4.69) is 47.2 Å². The van der Waals surface area contributed by atoms with Crippen LogP contribution < -0.4 is 27.0 Å². The Hall–Kier alpha value is -3.41. The Labute approximate surface area is 206 Å². The number of primary amides is 1. The van der Waals surface area contributed by atoms with E-state index in [1.807, 2.05) is 29.2 Å². The lowest BCUT2D eigenvalue weighted by Gasteiger charge is -2.16. The van der Waals surface area contributed by atoms with Crippen molar-refractivity contribution in [2.75, 3.05) is 42.1 Å². The highest BCUT2D eigenvalue weighted by Crippen LogP contribution is 2.23. The van der Waals surface area contributed by atoms with Crippen LogP contribution >= 0.6 is 15.9 Å². The number of halogens is 1. The van der Waals surface area contributed by atoms with Gasteiger partial charge in [-0.05, 0) is 53.4 Å². The third-order valence-corrected chi connectivity index (χ3v) is 5.65. The van der Waals surface area contributed by atoms with Crippen LogP contribution in [0.1, 0.15) is 32.1 Å². The predicted molar refractivity (Wildman–Crippen MR) is 134 cm³/mol. The summed E-state index contributed by atoms with van der Waals surface area (Å²) in [4.78, 5) is 45.2. The number of nitrogens with one attached hydrogen (secondary N) is 4. The van der Waals surface area contributed by atoms with E-state index < -0.39 is 5.91 Å². The maximum Gasteiger partial charge on any atom is 0.321 e. The largest absolute Gasteiger partial charge is 0.370 e. The van der Waals surface area contributed by atoms with E-state index in [4.69, 9.17) is 5.73 Å². The van der Waals surface area contributed by atoms with Gasteiger partial charge in [0.1, 0.15) is 5.82 Å². The molecule has 0 saturated carbocycles. The van der Waals surface area contributed by atoms with Crippen LogP contribution in [0.3, 0.4) is 0 Å². The Morgan fingerprint density at radius 1 is 1.09 bits per heavy atom. The van der Waals surface area contributed by atoms with Crippen molar-refractivity contribution in [3.63, 3.8) is 0 Å². The van der Waals surface area contributed by atoms with Crippen molar-refractivity contribution in [3.05, 3.63) is 34.9 Å². The summed E-state index contributed by atoms with van der Waals surface area (Å²) in [6, 6.07) is 7.28. The van der Waals surface area contributed by atoms with Crippen LogP contribution in [-0.2, 0) is 9.59 Å². The van der Waals surface area contributed by atoms with Gasteiger partial charge in [0, 0.05) is 56.6 Å². The second-order valence-corrected chi connectivity index (χ2v) is 8.67. The molecule has 0 atom stereocenters. The topological polar surface area (TPSA) is 154 Å². The molecule has 0 unspecified atom stereocenters. The van der Waals surface area contributed by atoms with Gasteiger partial charge in [-0.15, -0.1) is 0 Å². The van der Waals surface area contributed by atoms with Gasteiger partial charge in [0.25, 0.3) is 0 Å². The predicted octanol–water partition coefficient (Wildman–Crippen LogP) is 2.79. The molecule has 0 bridgehead atoms. The summed E-state index contributed by atoms with van der Waals surface area (Å²) in [5, 5.41) is 12.0. The van der Waals surface area contributed by atoms with E-state index in [0.717, 1.165) is 31.6 Å². The standard InChI is InChI=1S/C22H29BrN8O3/c23-17-14-27-21(30-20(17)26-10-4-9-25-19(33)8-7-18(24)32)28-15-5-3-6-16(13-15)29-22(34)31-11-1-2-12-31/h3,5-6,13-14H,1-2,4,7-12H2,(H2,24,32)(H,25,33)(H,29,34)(H2,26,27,28,30). The van der Waals surface area contributed by atoms with Crippen molar-refractivity contribution in [3.8, 4) is 0 Å². The Kier molecular flexibility index (Phi) is 9.44. The quantitative estimate of drug-likeness (QED) is 0.278. The fourth-order valence-corrected chi connectivity index (χ4v) is 3.66. The monoisotopic (exact) mass is 532 g/mol. The molecule has 34 heavy (non-hydrogen) atoms. The molecule has 1 fully saturated rings. The lowest BCUT2D eigenvalue weighted by Crippen LogP contribution is -2.32. The third kappa shape index (κ3) is 8.18. The normalized spacial score (nSPS) is 12.8. The number of amides is 4. The minimum Gasteiger partial charge on any atom is -0.370 e. The smallest absolute Gasteiger partial charge is 0.321 e. The fraction of sp³-hybridized carbons (Fsp3) is 0.409. The number of hydrogen-bond acceptors (Lipinski definition) is 7. The highest BCUT2D eigenvalue weighted by Gasteiger charge is 2.17. The van der Waals surface area contributed by atoms with E-state index >= 15 is 0 Å². The van der Waals surface area contributed by atoms with Crippen LogP contribution in [0.25, 0.3) is 0 Å². The van der Waals surface area contributed by atoms with E-state index in [9.17, 15) is 14.4 Å². The number of carbonyl (C=O) groups is 3. The lowest BCUT2D eigenvalue weighted by molar-refractivity contribution is -0.125. The molecule has 4 amide bonds. The molecule has 0 radical (unpaired) electrons. The number of nitrogens with two attached hydrogens (primary N) is 1. The number of likely N-dealkylation sites (tertiary alicyclic amines) is 1. The molecule has 12 heteroatoms. The van der Waals surface area contributed by atoms with Crippen molar-refractivity contribution >= 4 is 56.9 Å². The molecule has 1 aliphatic heterocycles. The summed E-state index contributed by atoms with van der Waals surface area (Å²) in [6.07, 6.45) is 4.53. The van der Waals surface area contributed by atoms with Gasteiger partial charge >= 0.3 is 6.03 Å². The Bertz CT molecular complexity index is 1010. The number of carbonyl (C=O) groups excluding carboxylic acids is 3. The average molecular weight is 533 g/mol. The second-order valence-electron chi connectivity index (χ2n) is 7.82. The van der Waals surface area contributed by atoms with E-state index in [1.54, 1.807) is 6.20 Å². The summed E-state index contributed by atoms with van der Waals surface area (Å²) in [7, 11) is 0. The fourth-order valence-electron chi connectivity index (χ4n) is 3.33. The van der Waals surface area contributed by atoms with Crippen LogP contribution in [0.5, 0.6) is 0 Å². The van der Waals surface area contributed by atoms with E-state index in [0.29, 0.717) is 41.4 Å². The molecule has 1 aromatic carbocycles. The number of anilines is 4. The van der Waals surface area contributed by atoms with Gasteiger partial charge in [-0.2, -0.15) is 4.98 Å². The van der Waals surface area contributed by atoms with Gasteiger partial charge in [-0.1, -0.05) is 6.07 Å². The number of benzene rings is 1. The summed E-state index contributed by atoms with van der Waals surface area (Å²) >= 11 is 3.43. The van der Waals surface area contributed by atoms with Gasteiger partial charge < -0.3 is 31.9 Å². The van der Waals surface area contributed by atoms with Crippen molar-refractivity contribution in [2.45, 2.75) is 32.1 Å². The van der Waals surface area contributed by atoms with Crippen LogP contribution in [-0.4, -0.2) is 58.9 Å². The zero-order chi connectivity index (χ0) is 24.3. The highest BCUT2D eigenvalue weighted by molar-refractivity contribution is 9.10. The molecule has 0 spiro atoms. The first-order chi connectivity index (χ1) is 16.4. The molecule has 11 nitrogen and oxygen atoms in total. The number of aromatic nitrogens is 2. The molecule has 2 aromatic rings. The van der Waals surface area contributed by atoms with Crippen LogP contribution in [0, 0.1) is 0 Å². The molecular formula is C22H29BrN8O3. The Balaban J connectivity index is 1.48. The van der Waals surface area contributed by atoms with Crippen molar-refractivity contribution in [2.24, 2.45) is 5.73 Å². The molecule has 1 aliphatic rings. The zero-order valence-corrected chi connectivity index (χ0v) is 20.4. The SMILES string of the molecule is NC(=O)CCC(=O)NCCCNc1nc(Nc2cccc(NC(=O)N3CCCC3)c2)ncc1Br.